The monoisotopic (exact) mass is 462 g/mol. The van der Waals surface area contributed by atoms with Gasteiger partial charge < -0.3 is 15.1 Å². The first kappa shape index (κ1) is 21.0. The Bertz CT molecular complexity index is 1120. The van der Waals surface area contributed by atoms with Crippen molar-refractivity contribution in [3.8, 4) is 5.82 Å². The van der Waals surface area contributed by atoms with E-state index in [0.29, 0.717) is 11.9 Å². The first-order valence-corrected chi connectivity index (χ1v) is 13.0. The van der Waals surface area contributed by atoms with E-state index in [1.54, 1.807) is 0 Å². The van der Waals surface area contributed by atoms with Crippen LogP contribution in [0.5, 0.6) is 0 Å². The molecule has 3 aliphatic heterocycles. The number of hydrogen-bond donors (Lipinski definition) is 1. The number of hydrogen-bond acceptors (Lipinski definition) is 6. The summed E-state index contributed by atoms with van der Waals surface area (Å²) in [5.41, 5.74) is 1.19. The lowest BCUT2D eigenvalue weighted by atomic mass is 10.1. The van der Waals surface area contributed by atoms with Gasteiger partial charge in [-0.1, -0.05) is 24.3 Å². The van der Waals surface area contributed by atoms with Crippen molar-refractivity contribution in [1.82, 2.24) is 24.7 Å². The van der Waals surface area contributed by atoms with E-state index in [-0.39, 0.29) is 6.04 Å². The lowest BCUT2D eigenvalue weighted by Gasteiger charge is -2.39. The summed E-state index contributed by atoms with van der Waals surface area (Å²) in [7, 11) is 0. The maximum absolute atomic E-state index is 12.8. The van der Waals surface area contributed by atoms with Crippen molar-refractivity contribution in [3.63, 3.8) is 0 Å². The largest absolute Gasteiger partial charge is 0.355 e. The van der Waals surface area contributed by atoms with Crippen molar-refractivity contribution in [2.75, 3.05) is 55.8 Å². The SMILES string of the molecule is O=C([C@@H]1C[C@H](N2CCN(c3cc4ccccc4n3-c3ccccn3)CC2)CN1)N1CCSC1. The highest BCUT2D eigenvalue weighted by Gasteiger charge is 2.37. The zero-order valence-corrected chi connectivity index (χ0v) is 19.6. The molecule has 3 fully saturated rings. The zero-order chi connectivity index (χ0) is 22.2. The number of amides is 1. The molecule has 172 valence electrons. The van der Waals surface area contributed by atoms with E-state index in [0.717, 1.165) is 63.1 Å². The van der Waals surface area contributed by atoms with Gasteiger partial charge in [-0.25, -0.2) is 4.98 Å². The standard InChI is InChI=1S/C25H30N6OS/c32-25(30-13-14-33-18-30)21-16-20(17-27-21)28-9-11-29(12-10-28)24-15-19-5-1-2-6-22(19)31(24)23-7-3-4-8-26-23/h1-8,15,20-21,27H,9-14,16-18H2/t20-,21-/m0/s1. The topological polar surface area (TPSA) is 56.6 Å². The molecular weight excluding hydrogens is 432 g/mol. The number of anilines is 1. The summed E-state index contributed by atoms with van der Waals surface area (Å²) in [5, 5.41) is 4.74. The number of piperazine rings is 1. The molecule has 0 spiro atoms. The zero-order valence-electron chi connectivity index (χ0n) is 18.8. The smallest absolute Gasteiger partial charge is 0.240 e. The molecule has 3 saturated heterocycles. The van der Waals surface area contributed by atoms with Crippen LogP contribution < -0.4 is 10.2 Å². The molecule has 2 atom stereocenters. The lowest BCUT2D eigenvalue weighted by Crippen LogP contribution is -2.51. The molecule has 7 nitrogen and oxygen atoms in total. The van der Waals surface area contributed by atoms with E-state index in [2.05, 4.69) is 61.1 Å². The first-order valence-electron chi connectivity index (χ1n) is 11.9. The fraction of sp³-hybridized carbons (Fsp3) is 0.440. The fourth-order valence-electron chi connectivity index (χ4n) is 5.41. The number of thioether (sulfide) groups is 1. The molecule has 0 bridgehead atoms. The Labute approximate surface area is 198 Å². The summed E-state index contributed by atoms with van der Waals surface area (Å²) >= 11 is 1.85. The summed E-state index contributed by atoms with van der Waals surface area (Å²) < 4.78 is 2.28. The quantitative estimate of drug-likeness (QED) is 0.643. The number of nitrogens with zero attached hydrogens (tertiary/aromatic N) is 5. The minimum atomic E-state index is -0.0154. The number of pyridine rings is 1. The number of nitrogens with one attached hydrogen (secondary N) is 1. The van der Waals surface area contributed by atoms with Crippen molar-refractivity contribution in [3.05, 3.63) is 54.7 Å². The fourth-order valence-corrected chi connectivity index (χ4v) is 6.36. The Kier molecular flexibility index (Phi) is 5.73. The van der Waals surface area contributed by atoms with Gasteiger partial charge in [-0.15, -0.1) is 11.8 Å². The van der Waals surface area contributed by atoms with Gasteiger partial charge in [-0.3, -0.25) is 14.3 Å². The lowest BCUT2D eigenvalue weighted by molar-refractivity contribution is -0.131. The van der Waals surface area contributed by atoms with Crippen LogP contribution in [-0.4, -0.2) is 88.2 Å². The number of carbonyl (C=O) groups is 1. The molecule has 33 heavy (non-hydrogen) atoms. The second-order valence-corrected chi connectivity index (χ2v) is 10.2. The third kappa shape index (κ3) is 4.00. The highest BCUT2D eigenvalue weighted by atomic mass is 32.2. The number of benzene rings is 1. The van der Waals surface area contributed by atoms with Crippen molar-refractivity contribution < 1.29 is 4.79 Å². The minimum Gasteiger partial charge on any atom is -0.355 e. The van der Waals surface area contributed by atoms with E-state index < -0.39 is 0 Å². The van der Waals surface area contributed by atoms with Gasteiger partial charge in [0.05, 0.1) is 17.4 Å². The Morgan fingerprint density at radius 3 is 2.67 bits per heavy atom. The van der Waals surface area contributed by atoms with Crippen LogP contribution in [0.3, 0.4) is 0 Å². The van der Waals surface area contributed by atoms with Crippen LogP contribution in [0.4, 0.5) is 5.82 Å². The van der Waals surface area contributed by atoms with Crippen LogP contribution in [0.2, 0.25) is 0 Å². The summed E-state index contributed by atoms with van der Waals surface area (Å²) in [6, 6.07) is 17.3. The minimum absolute atomic E-state index is 0.0154. The number of aromatic nitrogens is 2. The molecule has 0 unspecified atom stereocenters. The average molecular weight is 463 g/mol. The summed E-state index contributed by atoms with van der Waals surface area (Å²) in [6.07, 6.45) is 2.78. The Balaban J connectivity index is 1.16. The van der Waals surface area contributed by atoms with Crippen LogP contribution >= 0.6 is 11.8 Å². The Morgan fingerprint density at radius 2 is 1.88 bits per heavy atom. The maximum atomic E-state index is 12.8. The maximum Gasteiger partial charge on any atom is 0.240 e. The van der Waals surface area contributed by atoms with Gasteiger partial charge in [0.25, 0.3) is 0 Å². The van der Waals surface area contributed by atoms with Crippen LogP contribution in [0.25, 0.3) is 16.7 Å². The van der Waals surface area contributed by atoms with E-state index in [4.69, 9.17) is 0 Å². The van der Waals surface area contributed by atoms with Gasteiger partial charge in [-0.05, 0) is 30.7 Å². The van der Waals surface area contributed by atoms with E-state index in [9.17, 15) is 4.79 Å². The molecule has 0 aliphatic carbocycles. The average Bonchev–Trinajstić information content (AvgIpc) is 3.64. The number of carbonyl (C=O) groups excluding carboxylic acids is 1. The molecule has 0 saturated carbocycles. The van der Waals surface area contributed by atoms with Crippen LogP contribution in [0, 0.1) is 0 Å². The second kappa shape index (κ2) is 9.00. The Hall–Kier alpha value is -2.55. The van der Waals surface area contributed by atoms with E-state index in [1.807, 2.05) is 35.0 Å². The molecule has 3 aromatic rings. The molecule has 2 aromatic heterocycles. The van der Waals surface area contributed by atoms with Crippen molar-refractivity contribution >= 4 is 34.4 Å². The molecule has 1 amide bonds. The summed E-state index contributed by atoms with van der Waals surface area (Å²) in [6.45, 7) is 5.77. The van der Waals surface area contributed by atoms with Crippen molar-refractivity contribution in [1.29, 1.82) is 0 Å². The van der Waals surface area contributed by atoms with E-state index in [1.165, 1.54) is 16.7 Å². The van der Waals surface area contributed by atoms with E-state index >= 15 is 0 Å². The number of fused-ring (bicyclic) bond motifs is 1. The predicted molar refractivity (Wildman–Crippen MR) is 134 cm³/mol. The highest BCUT2D eigenvalue weighted by Crippen LogP contribution is 2.31. The highest BCUT2D eigenvalue weighted by molar-refractivity contribution is 7.99. The first-order chi connectivity index (χ1) is 16.3. The summed E-state index contributed by atoms with van der Waals surface area (Å²) in [4.78, 5) is 24.5. The molecule has 8 heteroatoms. The predicted octanol–water partition coefficient (Wildman–Crippen LogP) is 2.41. The van der Waals surface area contributed by atoms with Gasteiger partial charge in [0.2, 0.25) is 5.91 Å². The molecule has 1 aromatic carbocycles. The second-order valence-electron chi connectivity index (χ2n) is 9.10. The van der Waals surface area contributed by atoms with Gasteiger partial charge in [0, 0.05) is 62.6 Å². The van der Waals surface area contributed by atoms with Crippen LogP contribution in [0.15, 0.2) is 54.7 Å². The van der Waals surface area contributed by atoms with Crippen molar-refractivity contribution in [2.45, 2.75) is 18.5 Å². The molecule has 0 radical (unpaired) electrons. The molecule has 3 aliphatic rings. The van der Waals surface area contributed by atoms with Gasteiger partial charge in [-0.2, -0.15) is 0 Å². The molecular formula is C25H30N6OS. The number of para-hydroxylation sites is 1. The van der Waals surface area contributed by atoms with Gasteiger partial charge >= 0.3 is 0 Å². The van der Waals surface area contributed by atoms with Crippen molar-refractivity contribution in [2.24, 2.45) is 0 Å². The van der Waals surface area contributed by atoms with Gasteiger partial charge in [0.1, 0.15) is 11.6 Å². The molecule has 1 N–H and O–H groups in total. The third-order valence-corrected chi connectivity index (χ3v) is 8.16. The number of rotatable bonds is 4. The molecule has 6 rings (SSSR count). The third-order valence-electron chi connectivity index (χ3n) is 7.19. The molecule has 5 heterocycles. The van der Waals surface area contributed by atoms with Gasteiger partial charge in [0.15, 0.2) is 0 Å². The Morgan fingerprint density at radius 1 is 1.03 bits per heavy atom. The van der Waals surface area contributed by atoms with Crippen LogP contribution in [0.1, 0.15) is 6.42 Å². The van der Waals surface area contributed by atoms with Crippen LogP contribution in [-0.2, 0) is 4.79 Å². The summed E-state index contributed by atoms with van der Waals surface area (Å²) in [5.74, 6) is 4.38. The normalized spacial score (nSPS) is 24.1.